The molecule has 0 saturated heterocycles. The molecule has 0 heterocycles. The average molecular weight is 469 g/mol. The number of carbonyl (C=O) groups is 4. The van der Waals surface area contributed by atoms with E-state index < -0.39 is 35.5 Å². The van der Waals surface area contributed by atoms with Crippen LogP contribution < -0.4 is 10.6 Å². The van der Waals surface area contributed by atoms with Crippen LogP contribution in [0.4, 0.5) is 0 Å². The summed E-state index contributed by atoms with van der Waals surface area (Å²) < 4.78 is 10.2. The number of benzene rings is 2. The Morgan fingerprint density at radius 2 is 1.38 bits per heavy atom. The number of hydrogen-bond acceptors (Lipinski definition) is 6. The van der Waals surface area contributed by atoms with Crippen LogP contribution in [0.1, 0.15) is 49.2 Å². The van der Waals surface area contributed by atoms with Gasteiger partial charge in [-0.3, -0.25) is 9.59 Å². The summed E-state index contributed by atoms with van der Waals surface area (Å²) in [5.74, 6) is -1.93. The highest BCUT2D eigenvalue weighted by Crippen LogP contribution is 2.14. The first kappa shape index (κ1) is 26.6. The molecule has 2 amide bonds. The molecule has 0 fully saturated rings. The van der Waals surface area contributed by atoms with Gasteiger partial charge < -0.3 is 20.1 Å². The first-order chi connectivity index (χ1) is 16.0. The van der Waals surface area contributed by atoms with Crippen molar-refractivity contribution in [2.24, 2.45) is 0 Å². The van der Waals surface area contributed by atoms with Crippen molar-refractivity contribution in [3.8, 4) is 0 Å². The lowest BCUT2D eigenvalue weighted by Gasteiger charge is -2.22. The van der Waals surface area contributed by atoms with E-state index >= 15 is 0 Å². The Labute approximate surface area is 200 Å². The number of ether oxygens (including phenoxy) is 2. The van der Waals surface area contributed by atoms with Crippen LogP contribution in [-0.2, 0) is 36.7 Å². The van der Waals surface area contributed by atoms with Gasteiger partial charge in [-0.25, -0.2) is 9.59 Å². The van der Waals surface area contributed by atoms with E-state index in [0.29, 0.717) is 11.1 Å². The maximum atomic E-state index is 13.0. The zero-order chi connectivity index (χ0) is 25.3. The normalized spacial score (nSPS) is 12.7. The molecule has 0 spiro atoms. The highest BCUT2D eigenvalue weighted by molar-refractivity contribution is 5.91. The second-order valence-electron chi connectivity index (χ2n) is 8.93. The van der Waals surface area contributed by atoms with Crippen molar-refractivity contribution in [2.75, 3.05) is 7.11 Å². The topological polar surface area (TPSA) is 111 Å². The van der Waals surface area contributed by atoms with Gasteiger partial charge in [0.05, 0.1) is 12.7 Å². The minimum absolute atomic E-state index is 0.144. The summed E-state index contributed by atoms with van der Waals surface area (Å²) in [6.07, 6.45) is 0.413. The molecule has 8 heteroatoms. The highest BCUT2D eigenvalue weighted by atomic mass is 16.6. The molecule has 0 aliphatic rings. The first-order valence-electron chi connectivity index (χ1n) is 11.0. The zero-order valence-electron chi connectivity index (χ0n) is 20.2. The molecule has 0 aromatic heterocycles. The Kier molecular flexibility index (Phi) is 9.36. The number of nitrogens with one attached hydrogen (secondary N) is 2. The highest BCUT2D eigenvalue weighted by Gasteiger charge is 2.27. The number of carbonyl (C=O) groups excluding carboxylic acids is 4. The third kappa shape index (κ3) is 8.69. The van der Waals surface area contributed by atoms with E-state index in [0.717, 1.165) is 5.56 Å². The van der Waals surface area contributed by atoms with E-state index in [1.54, 1.807) is 45.0 Å². The smallest absolute Gasteiger partial charge is 0.338 e. The Morgan fingerprint density at radius 3 is 1.91 bits per heavy atom. The predicted octanol–water partition coefficient (Wildman–Crippen LogP) is 2.59. The van der Waals surface area contributed by atoms with Crippen molar-refractivity contribution in [2.45, 2.75) is 58.2 Å². The molecule has 2 N–H and O–H groups in total. The van der Waals surface area contributed by atoms with Gasteiger partial charge in [0.2, 0.25) is 11.8 Å². The van der Waals surface area contributed by atoms with Gasteiger partial charge in [0, 0.05) is 19.8 Å². The number of methoxy groups -OCH3 is 1. The van der Waals surface area contributed by atoms with Crippen molar-refractivity contribution in [1.82, 2.24) is 10.6 Å². The van der Waals surface area contributed by atoms with Crippen LogP contribution in [-0.4, -0.2) is 48.5 Å². The summed E-state index contributed by atoms with van der Waals surface area (Å²) in [7, 11) is 1.24. The van der Waals surface area contributed by atoms with Gasteiger partial charge >= 0.3 is 11.9 Å². The quantitative estimate of drug-likeness (QED) is 0.548. The largest absolute Gasteiger partial charge is 0.467 e. The van der Waals surface area contributed by atoms with Crippen molar-refractivity contribution in [1.29, 1.82) is 0 Å². The van der Waals surface area contributed by atoms with E-state index in [4.69, 9.17) is 9.47 Å². The SMILES string of the molecule is COC(=O)[C@@H](Cc1ccc(C(=O)OC(C)(C)C)cc1)NC(=O)[C@H](Cc1ccccc1)NC(C)=O. The van der Waals surface area contributed by atoms with Crippen LogP contribution in [0.2, 0.25) is 0 Å². The molecule has 0 unspecified atom stereocenters. The number of hydrogen-bond donors (Lipinski definition) is 2. The lowest BCUT2D eigenvalue weighted by Crippen LogP contribution is -2.53. The summed E-state index contributed by atoms with van der Waals surface area (Å²) in [5, 5.41) is 5.33. The van der Waals surface area contributed by atoms with Gasteiger partial charge in [0.15, 0.2) is 0 Å². The van der Waals surface area contributed by atoms with Crippen LogP contribution in [0.25, 0.3) is 0 Å². The summed E-state index contributed by atoms with van der Waals surface area (Å²) >= 11 is 0. The molecule has 0 radical (unpaired) electrons. The molecule has 0 aliphatic carbocycles. The molecule has 2 rings (SSSR count). The molecular weight excluding hydrogens is 436 g/mol. The molecule has 182 valence electrons. The van der Waals surface area contributed by atoms with Crippen molar-refractivity contribution in [3.63, 3.8) is 0 Å². The lowest BCUT2D eigenvalue weighted by molar-refractivity contribution is -0.145. The fourth-order valence-corrected chi connectivity index (χ4v) is 3.26. The van der Waals surface area contributed by atoms with Gasteiger partial charge in [0.25, 0.3) is 0 Å². The average Bonchev–Trinajstić information content (AvgIpc) is 2.77. The molecule has 0 saturated carbocycles. The Bertz CT molecular complexity index is 996. The minimum atomic E-state index is -0.975. The van der Waals surface area contributed by atoms with E-state index in [9.17, 15) is 19.2 Å². The molecular formula is C26H32N2O6. The van der Waals surface area contributed by atoms with Gasteiger partial charge in [0.1, 0.15) is 17.7 Å². The van der Waals surface area contributed by atoms with Crippen LogP contribution in [0, 0.1) is 0 Å². The van der Waals surface area contributed by atoms with Gasteiger partial charge in [-0.2, -0.15) is 0 Å². The molecule has 34 heavy (non-hydrogen) atoms. The van der Waals surface area contributed by atoms with Gasteiger partial charge in [-0.05, 0) is 44.0 Å². The fourth-order valence-electron chi connectivity index (χ4n) is 3.26. The van der Waals surface area contributed by atoms with E-state index in [-0.39, 0.29) is 18.7 Å². The molecule has 2 aromatic rings. The van der Waals surface area contributed by atoms with Crippen molar-refractivity contribution in [3.05, 3.63) is 71.3 Å². The Hall–Kier alpha value is -3.68. The fraction of sp³-hybridized carbons (Fsp3) is 0.385. The van der Waals surface area contributed by atoms with Crippen LogP contribution >= 0.6 is 0 Å². The van der Waals surface area contributed by atoms with Crippen molar-refractivity contribution >= 4 is 23.8 Å². The Morgan fingerprint density at radius 1 is 0.824 bits per heavy atom. The number of amides is 2. The monoisotopic (exact) mass is 468 g/mol. The summed E-state index contributed by atoms with van der Waals surface area (Å²) in [4.78, 5) is 49.3. The molecule has 0 bridgehead atoms. The summed E-state index contributed by atoms with van der Waals surface area (Å²) in [6, 6.07) is 14.0. The number of esters is 2. The van der Waals surface area contributed by atoms with Crippen LogP contribution in [0.3, 0.4) is 0 Å². The Balaban J connectivity index is 2.13. The van der Waals surface area contributed by atoms with E-state index in [1.807, 2.05) is 30.3 Å². The number of rotatable bonds is 9. The van der Waals surface area contributed by atoms with E-state index in [2.05, 4.69) is 10.6 Å². The van der Waals surface area contributed by atoms with Gasteiger partial charge in [-0.1, -0.05) is 42.5 Å². The zero-order valence-corrected chi connectivity index (χ0v) is 20.2. The van der Waals surface area contributed by atoms with Gasteiger partial charge in [-0.15, -0.1) is 0 Å². The first-order valence-corrected chi connectivity index (χ1v) is 11.0. The molecule has 2 aromatic carbocycles. The third-order valence-corrected chi connectivity index (χ3v) is 4.81. The second kappa shape index (κ2) is 12.0. The molecule has 2 atom stereocenters. The van der Waals surface area contributed by atoms with Crippen LogP contribution in [0.5, 0.6) is 0 Å². The minimum Gasteiger partial charge on any atom is -0.467 e. The maximum Gasteiger partial charge on any atom is 0.338 e. The van der Waals surface area contributed by atoms with Crippen LogP contribution in [0.15, 0.2) is 54.6 Å². The molecule has 8 nitrogen and oxygen atoms in total. The lowest BCUT2D eigenvalue weighted by atomic mass is 10.0. The maximum absolute atomic E-state index is 13.0. The second-order valence-corrected chi connectivity index (χ2v) is 8.93. The third-order valence-electron chi connectivity index (χ3n) is 4.81. The molecule has 0 aliphatic heterocycles. The van der Waals surface area contributed by atoms with Crippen molar-refractivity contribution < 1.29 is 28.7 Å². The predicted molar refractivity (Wildman–Crippen MR) is 127 cm³/mol. The summed E-state index contributed by atoms with van der Waals surface area (Å²) in [6.45, 7) is 6.69. The van der Waals surface area contributed by atoms with E-state index in [1.165, 1.54) is 14.0 Å². The summed E-state index contributed by atoms with van der Waals surface area (Å²) in [5.41, 5.74) is 1.34. The standard InChI is InChI=1S/C26H32N2O6/c1-17(29)27-21(15-18-9-7-6-8-10-18)23(30)28-22(25(32)33-5)16-19-11-13-20(14-12-19)24(31)34-26(2,3)4/h6-14,21-22H,15-16H2,1-5H3,(H,27,29)(H,28,30)/t21-,22+/m0/s1.